The van der Waals surface area contributed by atoms with Crippen molar-refractivity contribution in [3.63, 3.8) is 0 Å². The number of carbonyl (C=O) groups is 6. The first-order valence-corrected chi connectivity index (χ1v) is 11.4. The van der Waals surface area contributed by atoms with Gasteiger partial charge >= 0.3 is 24.1 Å². The number of amides is 2. The van der Waals surface area contributed by atoms with E-state index in [4.69, 9.17) is 19.1 Å². The highest BCUT2D eigenvalue weighted by molar-refractivity contribution is 6.01. The lowest BCUT2D eigenvalue weighted by Gasteiger charge is -2.29. The summed E-state index contributed by atoms with van der Waals surface area (Å²) in [5.41, 5.74) is -1.81. The minimum Gasteiger partial charge on any atom is -0.481 e. The largest absolute Gasteiger partial charge is 0.534 e. The Kier molecular flexibility index (Phi) is 9.91. The number of hydrogen-bond donors (Lipinski definition) is 1. The Morgan fingerprint density at radius 3 is 2.08 bits per heavy atom. The van der Waals surface area contributed by atoms with Crippen LogP contribution in [0.25, 0.3) is 0 Å². The Hall–Kier alpha value is -4.04. The molecule has 1 aliphatic heterocycles. The van der Waals surface area contributed by atoms with Crippen LogP contribution in [0.3, 0.4) is 0 Å². The number of esters is 1. The lowest BCUT2D eigenvalue weighted by atomic mass is 9.94. The summed E-state index contributed by atoms with van der Waals surface area (Å²) in [4.78, 5) is 85.5. The van der Waals surface area contributed by atoms with Gasteiger partial charge in [0.25, 0.3) is 11.8 Å². The monoisotopic (exact) mass is 538 g/mol. The fourth-order valence-electron chi connectivity index (χ4n) is 2.56. The van der Waals surface area contributed by atoms with Crippen molar-refractivity contribution < 1.29 is 57.9 Å². The minimum absolute atomic E-state index is 0.0439. The van der Waals surface area contributed by atoms with E-state index in [1.54, 1.807) is 20.8 Å². The molecular weight excluding hydrogens is 508 g/mol. The highest BCUT2D eigenvalue weighted by atomic mass is 17.0. The van der Waals surface area contributed by atoms with Crippen LogP contribution in [-0.4, -0.2) is 64.4 Å². The molecule has 2 amide bonds. The standard InChI is InChI=1S/C24H30N2O12/c1-23(2,3)21(32)37-25(14-24(4,5)20(30)31)35-13-19(29)36-16-8-6-15(7-9-16)12-34-22(33)38-26-17(27)10-11-18(26)28/h6-9H,10-14H2,1-5H3,(H,30,31). The highest BCUT2D eigenvalue weighted by Gasteiger charge is 2.35. The number of carboxylic acid groups (broad SMARTS) is 1. The number of carboxylic acids is 1. The summed E-state index contributed by atoms with van der Waals surface area (Å²) < 4.78 is 10.0. The fourth-order valence-corrected chi connectivity index (χ4v) is 2.56. The average Bonchev–Trinajstić information content (AvgIpc) is 3.13. The molecule has 0 bridgehead atoms. The number of hydroxylamine groups is 4. The summed E-state index contributed by atoms with van der Waals surface area (Å²) in [5.74, 6) is -3.90. The van der Waals surface area contributed by atoms with E-state index in [1.165, 1.54) is 38.1 Å². The molecule has 38 heavy (non-hydrogen) atoms. The maximum Gasteiger partial charge on any atom is 0.534 e. The minimum atomic E-state index is -1.37. The van der Waals surface area contributed by atoms with Crippen LogP contribution in [0, 0.1) is 10.8 Å². The molecule has 0 atom stereocenters. The van der Waals surface area contributed by atoms with E-state index in [-0.39, 0.29) is 31.7 Å². The van der Waals surface area contributed by atoms with E-state index in [0.717, 1.165) is 0 Å². The third-order valence-corrected chi connectivity index (χ3v) is 4.91. The first kappa shape index (κ1) is 30.2. The lowest BCUT2D eigenvalue weighted by molar-refractivity contribution is -0.353. The van der Waals surface area contributed by atoms with Crippen molar-refractivity contribution in [3.05, 3.63) is 29.8 Å². The molecule has 1 saturated heterocycles. The summed E-state index contributed by atoms with van der Waals surface area (Å²) in [6.45, 7) is 6.26. The molecule has 0 unspecified atom stereocenters. The molecule has 2 rings (SSSR count). The maximum absolute atomic E-state index is 12.2. The molecule has 1 N–H and O–H groups in total. The molecule has 14 heteroatoms. The van der Waals surface area contributed by atoms with Gasteiger partial charge in [0.2, 0.25) is 0 Å². The van der Waals surface area contributed by atoms with Crippen LogP contribution in [0.5, 0.6) is 5.75 Å². The SMILES string of the molecule is CC(C)(C)C(=O)ON(CC(C)(C)C(=O)O)OCC(=O)Oc1ccc(COC(=O)ON2C(=O)CCC2=O)cc1. The smallest absolute Gasteiger partial charge is 0.481 e. The van der Waals surface area contributed by atoms with Gasteiger partial charge in [-0.25, -0.2) is 14.4 Å². The zero-order valence-electron chi connectivity index (χ0n) is 21.7. The summed E-state index contributed by atoms with van der Waals surface area (Å²) in [6.07, 6.45) is -1.32. The predicted octanol–water partition coefficient (Wildman–Crippen LogP) is 2.16. The molecule has 208 valence electrons. The summed E-state index contributed by atoms with van der Waals surface area (Å²) in [5, 5.41) is 10.4. The number of ether oxygens (including phenoxy) is 2. The van der Waals surface area contributed by atoms with Crippen LogP contribution in [-0.2, 0) is 49.8 Å². The van der Waals surface area contributed by atoms with E-state index >= 15 is 0 Å². The molecule has 1 aromatic carbocycles. The van der Waals surface area contributed by atoms with Gasteiger partial charge in [0.05, 0.1) is 17.4 Å². The maximum atomic E-state index is 12.2. The number of carbonyl (C=O) groups excluding carboxylic acids is 5. The van der Waals surface area contributed by atoms with E-state index in [1.807, 2.05) is 0 Å². The van der Waals surface area contributed by atoms with Crippen LogP contribution >= 0.6 is 0 Å². The van der Waals surface area contributed by atoms with Crippen molar-refractivity contribution in [2.45, 2.75) is 54.1 Å². The Labute approximate surface area is 218 Å². The van der Waals surface area contributed by atoms with Crippen LogP contribution in [0.1, 0.15) is 53.0 Å². The predicted molar refractivity (Wildman–Crippen MR) is 124 cm³/mol. The van der Waals surface area contributed by atoms with Crippen molar-refractivity contribution in [1.29, 1.82) is 0 Å². The molecule has 14 nitrogen and oxygen atoms in total. The van der Waals surface area contributed by atoms with Gasteiger partial charge in [0.1, 0.15) is 12.4 Å². The third-order valence-electron chi connectivity index (χ3n) is 4.91. The molecule has 1 fully saturated rings. The molecule has 0 saturated carbocycles. The molecule has 1 aromatic rings. The van der Waals surface area contributed by atoms with Crippen molar-refractivity contribution in [1.82, 2.24) is 10.3 Å². The molecular formula is C24H30N2O12. The van der Waals surface area contributed by atoms with Crippen LogP contribution in [0.15, 0.2) is 24.3 Å². The normalized spacial score (nSPS) is 13.9. The van der Waals surface area contributed by atoms with Crippen LogP contribution < -0.4 is 4.74 Å². The second-order valence-electron chi connectivity index (χ2n) is 9.91. The second kappa shape index (κ2) is 12.5. The Morgan fingerprint density at radius 1 is 0.974 bits per heavy atom. The van der Waals surface area contributed by atoms with Gasteiger partial charge in [-0.1, -0.05) is 17.2 Å². The summed E-state index contributed by atoms with van der Waals surface area (Å²) >= 11 is 0. The van der Waals surface area contributed by atoms with Crippen LogP contribution in [0.4, 0.5) is 4.79 Å². The van der Waals surface area contributed by atoms with E-state index in [9.17, 15) is 33.9 Å². The van der Waals surface area contributed by atoms with Crippen molar-refractivity contribution >= 4 is 35.9 Å². The first-order valence-electron chi connectivity index (χ1n) is 11.4. The molecule has 0 aliphatic carbocycles. The molecule has 0 radical (unpaired) electrons. The van der Waals surface area contributed by atoms with E-state index < -0.39 is 53.3 Å². The number of aliphatic carboxylic acids is 1. The zero-order valence-corrected chi connectivity index (χ0v) is 21.7. The summed E-state index contributed by atoms with van der Waals surface area (Å²) in [6, 6.07) is 5.77. The van der Waals surface area contributed by atoms with Gasteiger partial charge < -0.3 is 19.4 Å². The topological polar surface area (TPSA) is 175 Å². The number of imide groups is 1. The van der Waals surface area contributed by atoms with Gasteiger partial charge in [-0.3, -0.25) is 24.1 Å². The fraction of sp³-hybridized carbons (Fsp3) is 0.500. The van der Waals surface area contributed by atoms with Gasteiger partial charge in [0, 0.05) is 12.8 Å². The average molecular weight is 539 g/mol. The Morgan fingerprint density at radius 2 is 1.55 bits per heavy atom. The first-order chi connectivity index (χ1) is 17.6. The second-order valence-corrected chi connectivity index (χ2v) is 9.91. The highest BCUT2D eigenvalue weighted by Crippen LogP contribution is 2.22. The zero-order chi connectivity index (χ0) is 28.7. The van der Waals surface area contributed by atoms with E-state index in [0.29, 0.717) is 15.9 Å². The Balaban J connectivity index is 1.87. The number of hydrogen-bond acceptors (Lipinski definition) is 12. The lowest BCUT2D eigenvalue weighted by Crippen LogP contribution is -2.43. The third kappa shape index (κ3) is 9.12. The quantitative estimate of drug-likeness (QED) is 0.188. The van der Waals surface area contributed by atoms with Crippen molar-refractivity contribution in [2.75, 3.05) is 13.2 Å². The number of rotatable bonds is 11. The number of benzene rings is 1. The van der Waals surface area contributed by atoms with Crippen LogP contribution in [0.2, 0.25) is 0 Å². The molecule has 1 heterocycles. The van der Waals surface area contributed by atoms with Gasteiger partial charge in [-0.05, 0) is 57.5 Å². The summed E-state index contributed by atoms with van der Waals surface area (Å²) in [7, 11) is 0. The van der Waals surface area contributed by atoms with Crippen molar-refractivity contribution in [3.8, 4) is 5.75 Å². The molecule has 0 aromatic heterocycles. The van der Waals surface area contributed by atoms with Crippen molar-refractivity contribution in [2.24, 2.45) is 10.8 Å². The van der Waals surface area contributed by atoms with Gasteiger partial charge in [-0.2, -0.15) is 0 Å². The molecule has 1 aliphatic rings. The molecule has 0 spiro atoms. The van der Waals surface area contributed by atoms with Gasteiger partial charge in [0.15, 0.2) is 6.61 Å². The number of nitrogens with zero attached hydrogens (tertiary/aromatic N) is 2. The van der Waals surface area contributed by atoms with Gasteiger partial charge in [-0.15, -0.1) is 0 Å². The Bertz CT molecular complexity index is 1060. The van der Waals surface area contributed by atoms with E-state index in [2.05, 4.69) is 4.84 Å².